The highest BCUT2D eigenvalue weighted by atomic mass is 35.5. The third-order valence-corrected chi connectivity index (χ3v) is 4.76. The van der Waals surface area contributed by atoms with Crippen molar-refractivity contribution in [3.8, 4) is 0 Å². The fraction of sp³-hybridized carbons (Fsp3) is 0.316. The Kier molecular flexibility index (Phi) is 5.25. The summed E-state index contributed by atoms with van der Waals surface area (Å²) in [5.74, 6) is -1.03. The molecule has 1 N–H and O–H groups in total. The number of anilines is 1. The number of amides is 1. The van der Waals surface area contributed by atoms with Crippen molar-refractivity contribution in [1.29, 1.82) is 0 Å². The number of aliphatic hydroxyl groups is 1. The molecule has 2 aromatic carbocycles. The summed E-state index contributed by atoms with van der Waals surface area (Å²) in [6.45, 7) is 4.26. The Bertz CT molecular complexity index is 776. The van der Waals surface area contributed by atoms with Crippen LogP contribution in [0, 0.1) is 12.7 Å². The normalized spacial score (nSPS) is 16.0. The molecule has 0 aliphatic carbocycles. The summed E-state index contributed by atoms with van der Waals surface area (Å²) in [5, 5.41) is 10.9. The summed E-state index contributed by atoms with van der Waals surface area (Å²) >= 11 is 6.00. The molecule has 1 aliphatic rings. The number of carbonyl (C=O) groups excluding carboxylic acids is 1. The number of rotatable bonds is 3. The van der Waals surface area contributed by atoms with Gasteiger partial charge in [0.1, 0.15) is 5.82 Å². The predicted octanol–water partition coefficient (Wildman–Crippen LogP) is 3.17. The van der Waals surface area contributed by atoms with Crippen molar-refractivity contribution in [2.24, 2.45) is 0 Å². The largest absolute Gasteiger partial charge is 0.378 e. The molecule has 1 heterocycles. The van der Waals surface area contributed by atoms with Gasteiger partial charge in [-0.15, -0.1) is 0 Å². The molecule has 1 fully saturated rings. The molecule has 1 saturated heterocycles. The Labute approximate surface area is 151 Å². The van der Waals surface area contributed by atoms with E-state index >= 15 is 0 Å². The Morgan fingerprint density at radius 3 is 2.48 bits per heavy atom. The van der Waals surface area contributed by atoms with Crippen LogP contribution in [0.5, 0.6) is 0 Å². The van der Waals surface area contributed by atoms with Gasteiger partial charge >= 0.3 is 0 Å². The topological polar surface area (TPSA) is 43.8 Å². The van der Waals surface area contributed by atoms with Crippen molar-refractivity contribution in [2.75, 3.05) is 31.1 Å². The summed E-state index contributed by atoms with van der Waals surface area (Å²) in [6.07, 6.45) is -1.47. The van der Waals surface area contributed by atoms with Crippen LogP contribution in [-0.2, 0) is 4.79 Å². The molecular formula is C19H20ClFN2O2. The molecule has 1 atom stereocenters. The van der Waals surface area contributed by atoms with E-state index in [0.29, 0.717) is 31.2 Å². The number of nitrogens with zero attached hydrogens (tertiary/aromatic N) is 2. The summed E-state index contributed by atoms with van der Waals surface area (Å²) in [7, 11) is 0. The minimum atomic E-state index is -1.47. The van der Waals surface area contributed by atoms with Crippen LogP contribution >= 0.6 is 11.6 Å². The summed E-state index contributed by atoms with van der Waals surface area (Å²) in [6, 6.07) is 11.6. The van der Waals surface area contributed by atoms with Gasteiger partial charge in [0.2, 0.25) is 0 Å². The zero-order chi connectivity index (χ0) is 18.0. The molecule has 0 radical (unpaired) electrons. The maximum atomic E-state index is 13.8. The van der Waals surface area contributed by atoms with Gasteiger partial charge in [-0.3, -0.25) is 4.79 Å². The van der Waals surface area contributed by atoms with E-state index in [4.69, 9.17) is 11.6 Å². The molecule has 1 amide bonds. The van der Waals surface area contributed by atoms with Crippen LogP contribution in [0.1, 0.15) is 17.2 Å². The number of aliphatic hydroxyl groups excluding tert-OH is 1. The van der Waals surface area contributed by atoms with Crippen molar-refractivity contribution in [2.45, 2.75) is 13.0 Å². The zero-order valence-corrected chi connectivity index (χ0v) is 14.7. The van der Waals surface area contributed by atoms with Crippen molar-refractivity contribution in [3.05, 3.63) is 64.4 Å². The number of hydrogen-bond acceptors (Lipinski definition) is 3. The van der Waals surface area contributed by atoms with Gasteiger partial charge < -0.3 is 14.9 Å². The van der Waals surface area contributed by atoms with Crippen LogP contribution in [0.4, 0.5) is 10.1 Å². The first-order chi connectivity index (χ1) is 12.0. The van der Waals surface area contributed by atoms with Crippen LogP contribution in [0.15, 0.2) is 42.5 Å². The number of aryl methyl sites for hydroxylation is 1. The van der Waals surface area contributed by atoms with E-state index in [9.17, 15) is 14.3 Å². The molecule has 0 aromatic heterocycles. The lowest BCUT2D eigenvalue weighted by Crippen LogP contribution is -2.50. The molecule has 132 valence electrons. The third kappa shape index (κ3) is 3.78. The molecule has 3 rings (SSSR count). The zero-order valence-electron chi connectivity index (χ0n) is 14.0. The van der Waals surface area contributed by atoms with E-state index in [1.165, 1.54) is 18.2 Å². The van der Waals surface area contributed by atoms with Gasteiger partial charge in [-0.25, -0.2) is 4.39 Å². The van der Waals surface area contributed by atoms with E-state index in [-0.39, 0.29) is 5.56 Å². The number of carbonyl (C=O) groups is 1. The van der Waals surface area contributed by atoms with Crippen LogP contribution in [0.2, 0.25) is 5.02 Å². The monoisotopic (exact) mass is 362 g/mol. The maximum absolute atomic E-state index is 13.8. The van der Waals surface area contributed by atoms with Crippen molar-refractivity contribution >= 4 is 23.2 Å². The Hall–Kier alpha value is -2.11. The SMILES string of the molecule is Cc1cc(Cl)ccc1N1CCN(C(=O)C(O)c2ccccc2F)CC1. The van der Waals surface area contributed by atoms with Crippen LogP contribution in [0.25, 0.3) is 0 Å². The van der Waals surface area contributed by atoms with Gasteiger partial charge in [0, 0.05) is 42.5 Å². The predicted molar refractivity (Wildman–Crippen MR) is 96.3 cm³/mol. The first kappa shape index (κ1) is 17.7. The van der Waals surface area contributed by atoms with E-state index in [1.54, 1.807) is 11.0 Å². The molecule has 1 unspecified atom stereocenters. The second-order valence-electron chi connectivity index (χ2n) is 6.17. The molecule has 0 spiro atoms. The number of piperazine rings is 1. The minimum Gasteiger partial charge on any atom is -0.378 e. The third-order valence-electron chi connectivity index (χ3n) is 4.52. The smallest absolute Gasteiger partial charge is 0.256 e. The molecule has 0 bridgehead atoms. The summed E-state index contributed by atoms with van der Waals surface area (Å²) < 4.78 is 13.8. The second-order valence-corrected chi connectivity index (χ2v) is 6.60. The quantitative estimate of drug-likeness (QED) is 0.912. The van der Waals surface area contributed by atoms with Crippen LogP contribution in [0.3, 0.4) is 0 Å². The van der Waals surface area contributed by atoms with E-state index in [2.05, 4.69) is 4.90 Å². The Morgan fingerprint density at radius 2 is 1.84 bits per heavy atom. The van der Waals surface area contributed by atoms with Gasteiger partial charge in [-0.1, -0.05) is 29.8 Å². The molecule has 1 aliphatic heterocycles. The van der Waals surface area contributed by atoms with Gasteiger partial charge in [-0.05, 0) is 36.8 Å². The lowest BCUT2D eigenvalue weighted by atomic mass is 10.1. The van der Waals surface area contributed by atoms with Crippen molar-refractivity contribution in [1.82, 2.24) is 4.90 Å². The standard InChI is InChI=1S/C19H20ClFN2O2/c1-13-12-14(20)6-7-17(13)22-8-10-23(11-9-22)19(25)18(24)15-4-2-3-5-16(15)21/h2-7,12,18,24H,8-11H2,1H3. The lowest BCUT2D eigenvalue weighted by Gasteiger charge is -2.37. The second kappa shape index (κ2) is 7.42. The molecule has 2 aromatic rings. The van der Waals surface area contributed by atoms with Gasteiger partial charge in [0.25, 0.3) is 5.91 Å². The van der Waals surface area contributed by atoms with Crippen molar-refractivity contribution in [3.63, 3.8) is 0 Å². The molecule has 25 heavy (non-hydrogen) atoms. The lowest BCUT2D eigenvalue weighted by molar-refractivity contribution is -0.141. The van der Waals surface area contributed by atoms with Gasteiger partial charge in [0.05, 0.1) is 0 Å². The molecule has 0 saturated carbocycles. The number of benzene rings is 2. The molecular weight excluding hydrogens is 343 g/mol. The van der Waals surface area contributed by atoms with Crippen LogP contribution in [-0.4, -0.2) is 42.1 Å². The average Bonchev–Trinajstić information content (AvgIpc) is 2.61. The number of hydrogen-bond donors (Lipinski definition) is 1. The highest BCUT2D eigenvalue weighted by Crippen LogP contribution is 2.25. The summed E-state index contributed by atoms with van der Waals surface area (Å²) in [5.41, 5.74) is 2.19. The van der Waals surface area contributed by atoms with Gasteiger partial charge in [0.15, 0.2) is 6.10 Å². The van der Waals surface area contributed by atoms with Gasteiger partial charge in [-0.2, -0.15) is 0 Å². The molecule has 4 nitrogen and oxygen atoms in total. The fourth-order valence-corrected chi connectivity index (χ4v) is 3.37. The van der Waals surface area contributed by atoms with Crippen LogP contribution < -0.4 is 4.90 Å². The number of halogens is 2. The first-order valence-corrected chi connectivity index (χ1v) is 8.57. The highest BCUT2D eigenvalue weighted by Gasteiger charge is 2.28. The van der Waals surface area contributed by atoms with E-state index in [0.717, 1.165) is 11.3 Å². The minimum absolute atomic E-state index is 0.0171. The van der Waals surface area contributed by atoms with E-state index in [1.807, 2.05) is 25.1 Å². The maximum Gasteiger partial charge on any atom is 0.256 e. The Morgan fingerprint density at radius 1 is 1.16 bits per heavy atom. The first-order valence-electron chi connectivity index (χ1n) is 8.20. The Balaban J connectivity index is 1.65. The van der Waals surface area contributed by atoms with Crippen molar-refractivity contribution < 1.29 is 14.3 Å². The summed E-state index contributed by atoms with van der Waals surface area (Å²) in [4.78, 5) is 16.2. The fourth-order valence-electron chi connectivity index (χ4n) is 3.14. The average molecular weight is 363 g/mol. The van der Waals surface area contributed by atoms with E-state index < -0.39 is 17.8 Å². The highest BCUT2D eigenvalue weighted by molar-refractivity contribution is 6.30. The molecule has 6 heteroatoms.